The van der Waals surface area contributed by atoms with Crippen LogP contribution in [0.25, 0.3) is 6.08 Å². The van der Waals surface area contributed by atoms with Crippen LogP contribution in [0.1, 0.15) is 11.1 Å². The Morgan fingerprint density at radius 1 is 1.50 bits per heavy atom. The van der Waals surface area contributed by atoms with E-state index in [-0.39, 0.29) is 11.1 Å². The maximum Gasteiger partial charge on any atom is 0.328 e. The molecule has 0 fully saturated rings. The zero-order valence-electron chi connectivity index (χ0n) is 7.21. The molecule has 0 saturated carbocycles. The van der Waals surface area contributed by atoms with Gasteiger partial charge in [0, 0.05) is 11.6 Å². The molecule has 14 heavy (non-hydrogen) atoms. The molecule has 0 atom stereocenters. The first kappa shape index (κ1) is 10.4. The van der Waals surface area contributed by atoms with Gasteiger partial charge in [-0.1, -0.05) is 12.1 Å². The maximum absolute atomic E-state index is 13.1. The fourth-order valence-corrected chi connectivity index (χ4v) is 0.950. The van der Waals surface area contributed by atoms with E-state index in [0.29, 0.717) is 0 Å². The van der Waals surface area contributed by atoms with E-state index >= 15 is 0 Å². The van der Waals surface area contributed by atoms with Gasteiger partial charge in [-0.05, 0) is 17.7 Å². The number of rotatable bonds is 3. The van der Waals surface area contributed by atoms with Crippen molar-refractivity contribution in [1.29, 1.82) is 0 Å². The Kier molecular flexibility index (Phi) is 3.34. The van der Waals surface area contributed by atoms with Crippen LogP contribution in [0.5, 0.6) is 0 Å². The number of hydrogen-bond acceptors (Lipinski definition) is 1. The van der Waals surface area contributed by atoms with Crippen LogP contribution in [0.2, 0.25) is 0 Å². The normalized spacial score (nSPS) is 10.7. The third-order valence-electron chi connectivity index (χ3n) is 1.62. The minimum atomic E-state index is -1.15. The van der Waals surface area contributed by atoms with Crippen molar-refractivity contribution in [1.82, 2.24) is 0 Å². The van der Waals surface area contributed by atoms with Crippen LogP contribution in [-0.4, -0.2) is 11.1 Å². The first-order valence-electron chi connectivity index (χ1n) is 3.89. The molecule has 0 aliphatic carbocycles. The van der Waals surface area contributed by atoms with Gasteiger partial charge >= 0.3 is 5.97 Å². The van der Waals surface area contributed by atoms with Crippen molar-refractivity contribution in [2.75, 3.05) is 0 Å². The number of carboxylic acid groups (broad SMARTS) is 1. The zero-order chi connectivity index (χ0) is 10.6. The van der Waals surface area contributed by atoms with Crippen molar-refractivity contribution in [3.8, 4) is 0 Å². The third-order valence-corrected chi connectivity index (χ3v) is 1.62. The van der Waals surface area contributed by atoms with Gasteiger partial charge in [-0.15, -0.1) is 0 Å². The highest BCUT2D eigenvalue weighted by Crippen LogP contribution is 2.12. The summed E-state index contributed by atoms with van der Waals surface area (Å²) in [6, 6.07) is 3.79. The van der Waals surface area contributed by atoms with E-state index in [2.05, 4.69) is 0 Å². The number of carbonyl (C=O) groups is 1. The van der Waals surface area contributed by atoms with Crippen LogP contribution in [0.15, 0.2) is 24.3 Å². The maximum atomic E-state index is 13.1. The summed E-state index contributed by atoms with van der Waals surface area (Å²) in [5.41, 5.74) is 0.361. The van der Waals surface area contributed by atoms with Crippen LogP contribution in [-0.2, 0) is 11.5 Å². The molecule has 1 aromatic carbocycles. The number of aliphatic carboxylic acids is 1. The first-order valence-corrected chi connectivity index (χ1v) is 3.89. The Hall–Kier alpha value is -1.71. The molecule has 0 aromatic heterocycles. The van der Waals surface area contributed by atoms with Crippen molar-refractivity contribution >= 4 is 12.0 Å². The van der Waals surface area contributed by atoms with Gasteiger partial charge < -0.3 is 5.11 Å². The molecule has 1 rings (SSSR count). The Balaban J connectivity index is 2.94. The minimum Gasteiger partial charge on any atom is -0.478 e. The molecule has 0 saturated heterocycles. The number of alkyl halides is 1. The molecule has 0 spiro atoms. The van der Waals surface area contributed by atoms with Gasteiger partial charge in [0.15, 0.2) is 0 Å². The van der Waals surface area contributed by atoms with Crippen LogP contribution in [0.3, 0.4) is 0 Å². The van der Waals surface area contributed by atoms with Crippen molar-refractivity contribution < 1.29 is 18.7 Å². The molecule has 0 aliphatic heterocycles. The van der Waals surface area contributed by atoms with E-state index in [1.807, 2.05) is 0 Å². The molecule has 0 unspecified atom stereocenters. The van der Waals surface area contributed by atoms with Crippen LogP contribution < -0.4 is 0 Å². The van der Waals surface area contributed by atoms with Crippen molar-refractivity contribution in [3.05, 3.63) is 41.2 Å². The van der Waals surface area contributed by atoms with Gasteiger partial charge in [-0.3, -0.25) is 0 Å². The van der Waals surface area contributed by atoms with E-state index in [1.165, 1.54) is 12.1 Å². The molecule has 74 valence electrons. The first-order chi connectivity index (χ1) is 6.63. The van der Waals surface area contributed by atoms with Gasteiger partial charge in [0.25, 0.3) is 0 Å². The van der Waals surface area contributed by atoms with Crippen LogP contribution in [0.4, 0.5) is 8.78 Å². The van der Waals surface area contributed by atoms with Gasteiger partial charge in [-0.25, -0.2) is 13.6 Å². The van der Waals surface area contributed by atoms with Crippen LogP contribution >= 0.6 is 0 Å². The summed E-state index contributed by atoms with van der Waals surface area (Å²) in [5.74, 6) is -1.78. The summed E-state index contributed by atoms with van der Waals surface area (Å²) in [4.78, 5) is 10.1. The summed E-state index contributed by atoms with van der Waals surface area (Å²) >= 11 is 0. The molecular formula is C10H8F2O2. The lowest BCUT2D eigenvalue weighted by molar-refractivity contribution is -0.131. The SMILES string of the molecule is O=C(O)/C=C/c1ccc(CF)cc1F. The van der Waals surface area contributed by atoms with Crippen molar-refractivity contribution in [2.45, 2.75) is 6.67 Å². The summed E-state index contributed by atoms with van der Waals surface area (Å²) in [7, 11) is 0. The fourth-order valence-electron chi connectivity index (χ4n) is 0.950. The van der Waals surface area contributed by atoms with Gasteiger partial charge in [0.2, 0.25) is 0 Å². The highest BCUT2D eigenvalue weighted by atomic mass is 19.1. The van der Waals surface area contributed by atoms with Crippen molar-refractivity contribution in [3.63, 3.8) is 0 Å². The van der Waals surface area contributed by atoms with Gasteiger partial charge in [0.1, 0.15) is 12.5 Å². The Bertz CT molecular complexity index is 372. The molecule has 2 nitrogen and oxygen atoms in total. The number of halogens is 2. The summed E-state index contributed by atoms with van der Waals surface area (Å²) in [5, 5.41) is 8.30. The average molecular weight is 198 g/mol. The number of benzene rings is 1. The smallest absolute Gasteiger partial charge is 0.328 e. The highest BCUT2D eigenvalue weighted by molar-refractivity contribution is 5.85. The monoisotopic (exact) mass is 198 g/mol. The predicted molar refractivity (Wildman–Crippen MR) is 47.9 cm³/mol. The molecule has 0 radical (unpaired) electrons. The molecule has 1 N–H and O–H groups in total. The standard InChI is InChI=1S/C10H8F2O2/c11-6-7-1-2-8(9(12)5-7)3-4-10(13)14/h1-5H,6H2,(H,13,14)/b4-3+. The molecule has 0 amide bonds. The Morgan fingerprint density at radius 3 is 2.71 bits per heavy atom. The lowest BCUT2D eigenvalue weighted by Gasteiger charge is -1.98. The second kappa shape index (κ2) is 4.50. The van der Waals surface area contributed by atoms with Gasteiger partial charge in [-0.2, -0.15) is 0 Å². The zero-order valence-corrected chi connectivity index (χ0v) is 7.21. The molecule has 0 aliphatic rings. The minimum absolute atomic E-state index is 0.129. The topological polar surface area (TPSA) is 37.3 Å². The molecule has 1 aromatic rings. The van der Waals surface area contributed by atoms with E-state index in [4.69, 9.17) is 5.11 Å². The lowest BCUT2D eigenvalue weighted by Crippen LogP contribution is -1.89. The third kappa shape index (κ3) is 2.65. The molecule has 0 heterocycles. The summed E-state index contributed by atoms with van der Waals surface area (Å²) in [6.07, 6.45) is 1.95. The summed E-state index contributed by atoms with van der Waals surface area (Å²) < 4.78 is 25.1. The average Bonchev–Trinajstić information content (AvgIpc) is 2.15. The Morgan fingerprint density at radius 2 is 2.21 bits per heavy atom. The Labute approximate surface area is 79.5 Å². The molecule has 0 bridgehead atoms. The fraction of sp³-hybridized carbons (Fsp3) is 0.100. The molecular weight excluding hydrogens is 190 g/mol. The van der Waals surface area contributed by atoms with Crippen molar-refractivity contribution in [2.24, 2.45) is 0 Å². The lowest BCUT2D eigenvalue weighted by atomic mass is 10.1. The van der Waals surface area contributed by atoms with Crippen LogP contribution in [0, 0.1) is 5.82 Å². The quantitative estimate of drug-likeness (QED) is 0.757. The summed E-state index contributed by atoms with van der Waals surface area (Å²) in [6.45, 7) is -0.736. The largest absolute Gasteiger partial charge is 0.478 e. The van der Waals surface area contributed by atoms with Gasteiger partial charge in [0.05, 0.1) is 0 Å². The second-order valence-electron chi connectivity index (χ2n) is 2.66. The van der Waals surface area contributed by atoms with E-state index in [0.717, 1.165) is 18.2 Å². The highest BCUT2D eigenvalue weighted by Gasteiger charge is 2.00. The van der Waals surface area contributed by atoms with E-state index < -0.39 is 18.5 Å². The second-order valence-corrected chi connectivity index (χ2v) is 2.66. The predicted octanol–water partition coefficient (Wildman–Crippen LogP) is 2.39. The molecule has 4 heteroatoms. The van der Waals surface area contributed by atoms with E-state index in [1.54, 1.807) is 0 Å². The number of hydrogen-bond donors (Lipinski definition) is 1. The van der Waals surface area contributed by atoms with E-state index in [9.17, 15) is 13.6 Å². The number of carboxylic acids is 1.